The molecule has 1 rings (SSSR count). The van der Waals surface area contributed by atoms with Crippen molar-refractivity contribution in [2.24, 2.45) is 0 Å². The number of rotatable bonds is 6. The van der Waals surface area contributed by atoms with Crippen LogP contribution in [-0.4, -0.2) is 30.0 Å². The topological polar surface area (TPSA) is 55.6 Å². The van der Waals surface area contributed by atoms with Gasteiger partial charge in [0.15, 0.2) is 0 Å². The number of hydrogen-bond acceptors (Lipinski definition) is 3. The minimum absolute atomic E-state index is 0.0103. The van der Waals surface area contributed by atoms with Crippen molar-refractivity contribution in [1.82, 2.24) is 4.90 Å². The van der Waals surface area contributed by atoms with Gasteiger partial charge in [0.1, 0.15) is 5.75 Å². The molecule has 110 valence electrons. The van der Waals surface area contributed by atoms with Gasteiger partial charge in [-0.3, -0.25) is 4.79 Å². The molecule has 1 amide bonds. The van der Waals surface area contributed by atoms with Crippen LogP contribution in [0.4, 0.5) is 5.69 Å². The van der Waals surface area contributed by atoms with Crippen LogP contribution in [0.15, 0.2) is 24.3 Å². The summed E-state index contributed by atoms with van der Waals surface area (Å²) in [7, 11) is 0. The molecule has 4 heteroatoms. The van der Waals surface area contributed by atoms with E-state index in [4.69, 9.17) is 10.5 Å². The van der Waals surface area contributed by atoms with Crippen molar-refractivity contribution in [1.29, 1.82) is 0 Å². The number of nitrogens with zero attached hydrogens (tertiary/aromatic N) is 1. The third kappa shape index (κ3) is 4.61. The van der Waals surface area contributed by atoms with Gasteiger partial charge in [0, 0.05) is 19.2 Å². The Labute approximate surface area is 121 Å². The van der Waals surface area contributed by atoms with Gasteiger partial charge in [-0.1, -0.05) is 6.07 Å². The minimum Gasteiger partial charge on any atom is -0.489 e. The number of nitrogens with two attached hydrogens (primary N) is 1. The molecule has 0 atom stereocenters. The number of ether oxygens (including phenoxy) is 1. The number of anilines is 1. The fourth-order valence-corrected chi connectivity index (χ4v) is 1.84. The van der Waals surface area contributed by atoms with Crippen molar-refractivity contribution < 1.29 is 9.53 Å². The third-order valence-electron chi connectivity index (χ3n) is 2.89. The van der Waals surface area contributed by atoms with Crippen LogP contribution in [-0.2, 0) is 4.79 Å². The monoisotopic (exact) mass is 276 g/mol. The normalized spacial score (nSPS) is 11.1. The second-order valence-electron chi connectivity index (χ2n) is 4.81. The summed E-state index contributed by atoms with van der Waals surface area (Å²) in [5.41, 5.74) is 7.40. The Morgan fingerprint density at radius 3 is 2.50 bits per heavy atom. The lowest BCUT2D eigenvalue weighted by molar-refractivity contribution is -0.125. The van der Waals surface area contributed by atoms with Crippen LogP contribution >= 0.6 is 0 Å². The maximum atomic E-state index is 11.9. The number of hydrogen-bond donors (Lipinski definition) is 1. The van der Waals surface area contributed by atoms with Crippen molar-refractivity contribution >= 4 is 17.7 Å². The molecular weight excluding hydrogens is 252 g/mol. The van der Waals surface area contributed by atoms with Gasteiger partial charge in [-0.05, 0) is 51.5 Å². The number of carbonyl (C=O) groups excluding carboxylic acids is 1. The highest BCUT2D eigenvalue weighted by atomic mass is 16.5. The van der Waals surface area contributed by atoms with Gasteiger partial charge in [-0.15, -0.1) is 0 Å². The Kier molecular flexibility index (Phi) is 6.10. The molecular formula is C16H24N2O2. The van der Waals surface area contributed by atoms with E-state index in [9.17, 15) is 4.79 Å². The SMILES string of the molecule is CCN(CC)C(=O)/C=C\c1ccc(OC(C)C)c(N)c1. The molecule has 4 nitrogen and oxygen atoms in total. The second-order valence-corrected chi connectivity index (χ2v) is 4.81. The molecule has 1 aromatic rings. The van der Waals surface area contributed by atoms with Crippen LogP contribution in [0, 0.1) is 0 Å². The summed E-state index contributed by atoms with van der Waals surface area (Å²) in [6.45, 7) is 9.26. The van der Waals surface area contributed by atoms with Crippen molar-refractivity contribution in [3.05, 3.63) is 29.8 Å². The number of likely N-dealkylation sites (N-methyl/N-ethyl adjacent to an activating group) is 1. The van der Waals surface area contributed by atoms with Gasteiger partial charge in [0.25, 0.3) is 0 Å². The van der Waals surface area contributed by atoms with Crippen LogP contribution in [0.25, 0.3) is 6.08 Å². The van der Waals surface area contributed by atoms with Gasteiger partial charge in [-0.25, -0.2) is 0 Å². The summed E-state index contributed by atoms with van der Waals surface area (Å²) in [5, 5.41) is 0. The van der Waals surface area contributed by atoms with Crippen LogP contribution in [0.1, 0.15) is 33.3 Å². The Balaban J connectivity index is 2.79. The first-order valence-electron chi connectivity index (χ1n) is 7.01. The molecule has 0 fully saturated rings. The molecule has 1 aromatic carbocycles. The molecule has 0 saturated heterocycles. The molecule has 0 aliphatic rings. The lowest BCUT2D eigenvalue weighted by atomic mass is 10.1. The maximum Gasteiger partial charge on any atom is 0.246 e. The molecule has 0 aliphatic carbocycles. The number of nitrogen functional groups attached to an aromatic ring is 1. The molecule has 0 aliphatic heterocycles. The summed E-state index contributed by atoms with van der Waals surface area (Å²) in [6, 6.07) is 5.53. The predicted octanol–water partition coefficient (Wildman–Crippen LogP) is 2.94. The van der Waals surface area contributed by atoms with E-state index in [0.717, 1.165) is 5.56 Å². The number of amides is 1. The van der Waals surface area contributed by atoms with Crippen LogP contribution in [0.3, 0.4) is 0 Å². The minimum atomic E-state index is 0.0103. The Hall–Kier alpha value is -1.97. The van der Waals surface area contributed by atoms with E-state index in [2.05, 4.69) is 0 Å². The molecule has 0 radical (unpaired) electrons. The summed E-state index contributed by atoms with van der Waals surface area (Å²) in [4.78, 5) is 13.6. The summed E-state index contributed by atoms with van der Waals surface area (Å²) >= 11 is 0. The highest BCUT2D eigenvalue weighted by Gasteiger charge is 2.06. The second kappa shape index (κ2) is 7.58. The van der Waals surface area contributed by atoms with E-state index in [1.165, 1.54) is 0 Å². The zero-order valence-electron chi connectivity index (χ0n) is 12.7. The highest BCUT2D eigenvalue weighted by molar-refractivity contribution is 5.91. The van der Waals surface area contributed by atoms with Gasteiger partial charge in [0.05, 0.1) is 11.8 Å². The molecule has 0 spiro atoms. The first-order chi connectivity index (χ1) is 9.47. The molecule has 0 saturated carbocycles. The van der Waals surface area contributed by atoms with E-state index >= 15 is 0 Å². The third-order valence-corrected chi connectivity index (χ3v) is 2.89. The van der Waals surface area contributed by atoms with Crippen molar-refractivity contribution in [2.75, 3.05) is 18.8 Å². The van der Waals surface area contributed by atoms with E-state index in [0.29, 0.717) is 24.5 Å². The molecule has 2 N–H and O–H groups in total. The largest absolute Gasteiger partial charge is 0.489 e. The maximum absolute atomic E-state index is 11.9. The van der Waals surface area contributed by atoms with Crippen LogP contribution in [0.2, 0.25) is 0 Å². The molecule has 0 heterocycles. The van der Waals surface area contributed by atoms with Crippen molar-refractivity contribution in [2.45, 2.75) is 33.8 Å². The van der Waals surface area contributed by atoms with E-state index in [1.54, 1.807) is 17.1 Å². The molecule has 20 heavy (non-hydrogen) atoms. The molecule has 0 aromatic heterocycles. The fourth-order valence-electron chi connectivity index (χ4n) is 1.84. The molecule has 0 bridgehead atoms. The average molecular weight is 276 g/mol. The number of benzene rings is 1. The average Bonchev–Trinajstić information content (AvgIpc) is 2.40. The van der Waals surface area contributed by atoms with Crippen LogP contribution < -0.4 is 10.5 Å². The van der Waals surface area contributed by atoms with E-state index in [-0.39, 0.29) is 12.0 Å². The predicted molar refractivity (Wildman–Crippen MR) is 83.6 cm³/mol. The zero-order valence-corrected chi connectivity index (χ0v) is 12.7. The first kappa shape index (κ1) is 16.1. The fraction of sp³-hybridized carbons (Fsp3) is 0.438. The van der Waals surface area contributed by atoms with Gasteiger partial charge in [0.2, 0.25) is 5.91 Å². The summed E-state index contributed by atoms with van der Waals surface area (Å²) < 4.78 is 5.57. The number of carbonyl (C=O) groups is 1. The lowest BCUT2D eigenvalue weighted by Crippen LogP contribution is -2.28. The highest BCUT2D eigenvalue weighted by Crippen LogP contribution is 2.24. The van der Waals surface area contributed by atoms with Gasteiger partial charge >= 0.3 is 0 Å². The Morgan fingerprint density at radius 1 is 1.35 bits per heavy atom. The quantitative estimate of drug-likeness (QED) is 0.642. The van der Waals surface area contributed by atoms with Crippen molar-refractivity contribution in [3.8, 4) is 5.75 Å². The zero-order chi connectivity index (χ0) is 15.1. The van der Waals surface area contributed by atoms with E-state index < -0.39 is 0 Å². The standard InChI is InChI=1S/C16H24N2O2/c1-5-18(6-2)16(19)10-8-13-7-9-15(14(17)11-13)20-12(3)4/h7-12H,5-6,17H2,1-4H3/b10-8-. The molecule has 0 unspecified atom stereocenters. The van der Waals surface area contributed by atoms with E-state index in [1.807, 2.05) is 45.9 Å². The Morgan fingerprint density at radius 2 is 2.00 bits per heavy atom. The smallest absolute Gasteiger partial charge is 0.246 e. The lowest BCUT2D eigenvalue weighted by Gasteiger charge is -2.16. The van der Waals surface area contributed by atoms with Gasteiger partial charge in [-0.2, -0.15) is 0 Å². The van der Waals surface area contributed by atoms with Crippen molar-refractivity contribution in [3.63, 3.8) is 0 Å². The summed E-state index contributed by atoms with van der Waals surface area (Å²) in [5.74, 6) is 0.684. The van der Waals surface area contributed by atoms with Crippen LogP contribution in [0.5, 0.6) is 5.75 Å². The first-order valence-corrected chi connectivity index (χ1v) is 7.01. The Bertz CT molecular complexity index is 477. The van der Waals surface area contributed by atoms with Gasteiger partial charge < -0.3 is 15.4 Å². The summed E-state index contributed by atoms with van der Waals surface area (Å²) in [6.07, 6.45) is 3.43.